The maximum Gasteiger partial charge on any atom is 0.335 e. The molecule has 1 rings (SSSR count). The highest BCUT2D eigenvalue weighted by molar-refractivity contribution is 7.53. The fourth-order valence-electron chi connectivity index (χ4n) is 1.80. The van der Waals surface area contributed by atoms with E-state index in [1.165, 1.54) is 5.56 Å². The summed E-state index contributed by atoms with van der Waals surface area (Å²) >= 11 is 0. The molecule has 0 aliphatic heterocycles. The molecule has 4 heteroatoms. The van der Waals surface area contributed by atoms with Crippen molar-refractivity contribution in [3.8, 4) is 0 Å². The molecule has 0 amide bonds. The van der Waals surface area contributed by atoms with Crippen LogP contribution < -0.4 is 0 Å². The van der Waals surface area contributed by atoms with Gasteiger partial charge in [-0.2, -0.15) is 0 Å². The fourth-order valence-corrected chi connectivity index (χ4v) is 3.48. The van der Waals surface area contributed by atoms with Gasteiger partial charge in [-0.25, -0.2) is 0 Å². The highest BCUT2D eigenvalue weighted by Crippen LogP contribution is 2.51. The zero-order valence-corrected chi connectivity index (χ0v) is 12.6. The van der Waals surface area contributed by atoms with E-state index >= 15 is 0 Å². The second kappa shape index (κ2) is 7.08. The topological polar surface area (TPSA) is 35.5 Å². The Bertz CT molecular complexity index is 405. The molecule has 0 aromatic heterocycles. The molecule has 0 aliphatic rings. The van der Waals surface area contributed by atoms with Gasteiger partial charge in [-0.1, -0.05) is 38.1 Å². The monoisotopic (exact) mass is 270 g/mol. The van der Waals surface area contributed by atoms with Gasteiger partial charge in [0.25, 0.3) is 0 Å². The van der Waals surface area contributed by atoms with Gasteiger partial charge in [-0.15, -0.1) is 0 Å². The average molecular weight is 270 g/mol. The zero-order valence-electron chi connectivity index (χ0n) is 11.7. The molecule has 0 saturated carbocycles. The first-order valence-electron chi connectivity index (χ1n) is 6.47. The second-order valence-electron chi connectivity index (χ2n) is 4.50. The lowest BCUT2D eigenvalue weighted by Crippen LogP contribution is -2.00. The summed E-state index contributed by atoms with van der Waals surface area (Å²) in [6, 6.07) is 8.12. The number of rotatable bonds is 7. The Morgan fingerprint density at radius 2 is 1.78 bits per heavy atom. The van der Waals surface area contributed by atoms with Gasteiger partial charge >= 0.3 is 7.60 Å². The summed E-state index contributed by atoms with van der Waals surface area (Å²) in [5, 5.41) is 0. The molecule has 0 aliphatic carbocycles. The molecule has 18 heavy (non-hydrogen) atoms. The summed E-state index contributed by atoms with van der Waals surface area (Å²) in [5.41, 5.74) is 2.25. The lowest BCUT2D eigenvalue weighted by Gasteiger charge is -2.17. The smallest absolute Gasteiger partial charge is 0.309 e. The van der Waals surface area contributed by atoms with E-state index in [1.807, 2.05) is 26.0 Å². The van der Waals surface area contributed by atoms with Crippen LogP contribution in [0.15, 0.2) is 24.3 Å². The third-order valence-electron chi connectivity index (χ3n) is 2.65. The van der Waals surface area contributed by atoms with Gasteiger partial charge in [0.2, 0.25) is 0 Å². The van der Waals surface area contributed by atoms with Crippen molar-refractivity contribution in [2.24, 2.45) is 0 Å². The Kier molecular flexibility index (Phi) is 6.07. The standard InChI is InChI=1S/C14H23O3P/c1-5-16-18(15,17-6-2)11-13-8-7-9-14(10-13)12(3)4/h7-10,12H,5-6,11H2,1-4H3. The van der Waals surface area contributed by atoms with E-state index in [2.05, 4.69) is 26.0 Å². The molecule has 0 saturated heterocycles. The van der Waals surface area contributed by atoms with Gasteiger partial charge in [-0.05, 0) is 30.9 Å². The highest BCUT2D eigenvalue weighted by atomic mass is 31.2. The lowest BCUT2D eigenvalue weighted by atomic mass is 10.0. The summed E-state index contributed by atoms with van der Waals surface area (Å²) < 4.78 is 23.0. The SMILES string of the molecule is CCOP(=O)(Cc1cccc(C(C)C)c1)OCC. The highest BCUT2D eigenvalue weighted by Gasteiger charge is 2.24. The van der Waals surface area contributed by atoms with Gasteiger partial charge in [0.1, 0.15) is 0 Å². The summed E-state index contributed by atoms with van der Waals surface area (Å²) in [6.07, 6.45) is 0.343. The summed E-state index contributed by atoms with van der Waals surface area (Å²) in [7, 11) is -2.99. The van der Waals surface area contributed by atoms with Crippen LogP contribution in [0, 0.1) is 0 Å². The Labute approximate surface area is 110 Å². The Morgan fingerprint density at radius 3 is 2.28 bits per heavy atom. The summed E-state index contributed by atoms with van der Waals surface area (Å²) in [4.78, 5) is 0. The molecular formula is C14H23O3P. The molecule has 1 aromatic carbocycles. The van der Waals surface area contributed by atoms with Crippen LogP contribution in [0.4, 0.5) is 0 Å². The van der Waals surface area contributed by atoms with E-state index in [9.17, 15) is 4.57 Å². The van der Waals surface area contributed by atoms with Crippen LogP contribution in [0.5, 0.6) is 0 Å². The molecule has 0 atom stereocenters. The predicted octanol–water partition coefficient (Wildman–Crippen LogP) is 4.58. The minimum absolute atomic E-state index is 0.343. The first-order chi connectivity index (χ1) is 8.50. The van der Waals surface area contributed by atoms with Crippen LogP contribution >= 0.6 is 7.60 Å². The van der Waals surface area contributed by atoms with Crippen LogP contribution in [-0.2, 0) is 19.8 Å². The molecule has 0 unspecified atom stereocenters. The van der Waals surface area contributed by atoms with Crippen molar-refractivity contribution in [3.63, 3.8) is 0 Å². The molecule has 3 nitrogen and oxygen atoms in total. The van der Waals surface area contributed by atoms with Crippen LogP contribution in [0.25, 0.3) is 0 Å². The van der Waals surface area contributed by atoms with E-state index in [1.54, 1.807) is 0 Å². The van der Waals surface area contributed by atoms with Crippen LogP contribution in [0.3, 0.4) is 0 Å². The summed E-state index contributed by atoms with van der Waals surface area (Å²) in [5.74, 6) is 0.462. The maximum atomic E-state index is 12.4. The average Bonchev–Trinajstić information content (AvgIpc) is 2.29. The first kappa shape index (κ1) is 15.4. The molecular weight excluding hydrogens is 247 g/mol. The Hall–Kier alpha value is -0.630. The van der Waals surface area contributed by atoms with Crippen molar-refractivity contribution in [2.75, 3.05) is 13.2 Å². The van der Waals surface area contributed by atoms with Crippen LogP contribution in [-0.4, -0.2) is 13.2 Å². The van der Waals surface area contributed by atoms with Crippen LogP contribution in [0.1, 0.15) is 44.7 Å². The van der Waals surface area contributed by atoms with E-state index < -0.39 is 7.60 Å². The minimum atomic E-state index is -2.99. The van der Waals surface area contributed by atoms with E-state index in [0.29, 0.717) is 25.3 Å². The first-order valence-corrected chi connectivity index (χ1v) is 8.20. The van der Waals surface area contributed by atoms with Gasteiger partial charge in [-0.3, -0.25) is 4.57 Å². The van der Waals surface area contributed by atoms with Gasteiger partial charge in [0.05, 0.1) is 19.4 Å². The third kappa shape index (κ3) is 4.56. The van der Waals surface area contributed by atoms with Crippen molar-refractivity contribution in [3.05, 3.63) is 35.4 Å². The quantitative estimate of drug-likeness (QED) is 0.680. The molecule has 0 radical (unpaired) electrons. The van der Waals surface area contributed by atoms with Crippen molar-refractivity contribution in [1.29, 1.82) is 0 Å². The van der Waals surface area contributed by atoms with Crippen LogP contribution in [0.2, 0.25) is 0 Å². The number of benzene rings is 1. The largest absolute Gasteiger partial charge is 0.335 e. The van der Waals surface area contributed by atoms with Crippen molar-refractivity contribution in [1.82, 2.24) is 0 Å². The molecule has 1 aromatic rings. The lowest BCUT2D eigenvalue weighted by molar-refractivity contribution is 0.219. The minimum Gasteiger partial charge on any atom is -0.309 e. The molecule has 0 fully saturated rings. The molecule has 0 heterocycles. The van der Waals surface area contributed by atoms with Crippen molar-refractivity contribution in [2.45, 2.75) is 39.8 Å². The molecule has 0 bridgehead atoms. The van der Waals surface area contributed by atoms with Gasteiger partial charge in [0.15, 0.2) is 0 Å². The van der Waals surface area contributed by atoms with Crippen molar-refractivity contribution < 1.29 is 13.6 Å². The number of hydrogen-bond donors (Lipinski definition) is 0. The second-order valence-corrected chi connectivity index (χ2v) is 6.56. The summed E-state index contributed by atoms with van der Waals surface area (Å²) in [6.45, 7) is 8.75. The fraction of sp³-hybridized carbons (Fsp3) is 0.571. The van der Waals surface area contributed by atoms with E-state index in [0.717, 1.165) is 5.56 Å². The van der Waals surface area contributed by atoms with Crippen molar-refractivity contribution >= 4 is 7.60 Å². The van der Waals surface area contributed by atoms with E-state index in [-0.39, 0.29) is 0 Å². The molecule has 0 N–H and O–H groups in total. The van der Waals surface area contributed by atoms with E-state index in [4.69, 9.17) is 9.05 Å². The Morgan fingerprint density at radius 1 is 1.17 bits per heavy atom. The van der Waals surface area contributed by atoms with Gasteiger partial charge < -0.3 is 9.05 Å². The molecule has 0 spiro atoms. The normalized spacial score (nSPS) is 12.1. The predicted molar refractivity (Wildman–Crippen MR) is 75.1 cm³/mol. The molecule has 102 valence electrons. The number of hydrogen-bond acceptors (Lipinski definition) is 3. The van der Waals surface area contributed by atoms with Gasteiger partial charge in [0, 0.05) is 0 Å². The Balaban J connectivity index is 2.87. The third-order valence-corrected chi connectivity index (χ3v) is 4.70. The zero-order chi connectivity index (χ0) is 13.6. The maximum absolute atomic E-state index is 12.4.